The summed E-state index contributed by atoms with van der Waals surface area (Å²) in [6.07, 6.45) is 5.68. The fourth-order valence-electron chi connectivity index (χ4n) is 3.22. The van der Waals surface area contributed by atoms with Crippen LogP contribution in [0.25, 0.3) is 0 Å². The van der Waals surface area contributed by atoms with Crippen LogP contribution in [0.5, 0.6) is 0 Å². The first-order chi connectivity index (χ1) is 9.66. The minimum absolute atomic E-state index is 0.486. The summed E-state index contributed by atoms with van der Waals surface area (Å²) in [5.74, 6) is 0.769. The van der Waals surface area contributed by atoms with Gasteiger partial charge < -0.3 is 5.32 Å². The van der Waals surface area contributed by atoms with E-state index in [2.05, 4.69) is 48.5 Å². The predicted molar refractivity (Wildman–Crippen MR) is 89.4 cm³/mol. The molecular formula is C17H30N2S. The monoisotopic (exact) mass is 294 g/mol. The topological polar surface area (TPSA) is 15.3 Å². The number of hydrogen-bond donors (Lipinski definition) is 1. The maximum Gasteiger partial charge on any atom is 0.0386 e. The number of rotatable bonds is 8. The molecule has 1 aliphatic rings. The van der Waals surface area contributed by atoms with Crippen molar-refractivity contribution >= 4 is 11.3 Å². The van der Waals surface area contributed by atoms with E-state index in [1.165, 1.54) is 43.6 Å². The van der Waals surface area contributed by atoms with Crippen LogP contribution in [0.3, 0.4) is 0 Å². The van der Waals surface area contributed by atoms with Gasteiger partial charge in [0.05, 0.1) is 0 Å². The van der Waals surface area contributed by atoms with Gasteiger partial charge >= 0.3 is 0 Å². The van der Waals surface area contributed by atoms with Crippen molar-refractivity contribution in [1.29, 1.82) is 0 Å². The van der Waals surface area contributed by atoms with Crippen molar-refractivity contribution in [2.75, 3.05) is 19.6 Å². The third-order valence-corrected chi connectivity index (χ3v) is 5.32. The molecule has 0 aromatic carbocycles. The molecule has 1 fully saturated rings. The SMILES string of the molecule is CC(C)CN(CCNC(C)c1cccs1)C1CCCC1. The van der Waals surface area contributed by atoms with E-state index < -0.39 is 0 Å². The van der Waals surface area contributed by atoms with Crippen LogP contribution in [0.4, 0.5) is 0 Å². The molecule has 0 aliphatic heterocycles. The second kappa shape index (κ2) is 8.16. The summed E-state index contributed by atoms with van der Waals surface area (Å²) in [5, 5.41) is 5.84. The van der Waals surface area contributed by atoms with Gasteiger partial charge in [0.15, 0.2) is 0 Å². The minimum atomic E-state index is 0.486. The van der Waals surface area contributed by atoms with Crippen LogP contribution < -0.4 is 5.32 Å². The lowest BCUT2D eigenvalue weighted by Gasteiger charge is -2.31. The highest BCUT2D eigenvalue weighted by Gasteiger charge is 2.22. The number of thiophene rings is 1. The second-order valence-corrected chi connectivity index (χ2v) is 7.50. The Labute approximate surface area is 128 Å². The van der Waals surface area contributed by atoms with Crippen molar-refractivity contribution in [3.63, 3.8) is 0 Å². The second-order valence-electron chi connectivity index (χ2n) is 6.52. The predicted octanol–water partition coefficient (Wildman–Crippen LogP) is 4.30. The molecule has 1 aromatic heterocycles. The first kappa shape index (κ1) is 16.0. The van der Waals surface area contributed by atoms with Gasteiger partial charge in [-0.25, -0.2) is 0 Å². The van der Waals surface area contributed by atoms with Crippen molar-refractivity contribution in [3.8, 4) is 0 Å². The Kier molecular flexibility index (Phi) is 6.53. The molecular weight excluding hydrogens is 264 g/mol. The fraction of sp³-hybridized carbons (Fsp3) is 0.765. The molecule has 1 atom stereocenters. The lowest BCUT2D eigenvalue weighted by molar-refractivity contribution is 0.176. The summed E-state index contributed by atoms with van der Waals surface area (Å²) < 4.78 is 0. The Morgan fingerprint density at radius 3 is 2.65 bits per heavy atom. The summed E-state index contributed by atoms with van der Waals surface area (Å²) >= 11 is 1.85. The van der Waals surface area contributed by atoms with E-state index in [4.69, 9.17) is 0 Å². The van der Waals surface area contributed by atoms with Crippen molar-refractivity contribution in [2.45, 2.75) is 58.5 Å². The summed E-state index contributed by atoms with van der Waals surface area (Å²) in [5.41, 5.74) is 0. The van der Waals surface area contributed by atoms with Gasteiger partial charge in [-0.2, -0.15) is 0 Å². The highest BCUT2D eigenvalue weighted by molar-refractivity contribution is 7.10. The maximum atomic E-state index is 3.68. The molecule has 0 bridgehead atoms. The molecule has 0 radical (unpaired) electrons. The van der Waals surface area contributed by atoms with E-state index in [0.717, 1.165) is 18.5 Å². The Morgan fingerprint density at radius 2 is 2.05 bits per heavy atom. The van der Waals surface area contributed by atoms with Gasteiger partial charge in [0.25, 0.3) is 0 Å². The van der Waals surface area contributed by atoms with Gasteiger partial charge in [0.1, 0.15) is 0 Å². The van der Waals surface area contributed by atoms with Crippen LogP contribution in [0.2, 0.25) is 0 Å². The molecule has 114 valence electrons. The normalized spacial score (nSPS) is 18.2. The Hall–Kier alpha value is -0.380. The minimum Gasteiger partial charge on any atom is -0.308 e. The van der Waals surface area contributed by atoms with Crippen LogP contribution in [0.15, 0.2) is 17.5 Å². The zero-order valence-corrected chi connectivity index (χ0v) is 14.1. The van der Waals surface area contributed by atoms with E-state index in [0.29, 0.717) is 6.04 Å². The third kappa shape index (κ3) is 4.87. The largest absolute Gasteiger partial charge is 0.308 e. The smallest absolute Gasteiger partial charge is 0.0386 e. The van der Waals surface area contributed by atoms with Crippen molar-refractivity contribution in [2.24, 2.45) is 5.92 Å². The van der Waals surface area contributed by atoms with Gasteiger partial charge in [-0.1, -0.05) is 32.8 Å². The third-order valence-electron chi connectivity index (χ3n) is 4.26. The number of hydrogen-bond acceptors (Lipinski definition) is 3. The Morgan fingerprint density at radius 1 is 1.30 bits per heavy atom. The molecule has 1 aromatic rings. The highest BCUT2D eigenvalue weighted by Crippen LogP contribution is 2.24. The van der Waals surface area contributed by atoms with Crippen LogP contribution >= 0.6 is 11.3 Å². The zero-order chi connectivity index (χ0) is 14.4. The Balaban J connectivity index is 1.76. The van der Waals surface area contributed by atoms with E-state index >= 15 is 0 Å². The standard InChI is InChI=1S/C17H30N2S/c1-14(2)13-19(16-7-4-5-8-16)11-10-18-15(3)17-9-6-12-20-17/h6,9,12,14-16,18H,4-5,7-8,10-11,13H2,1-3H3. The van der Waals surface area contributed by atoms with Crippen LogP contribution in [0.1, 0.15) is 57.4 Å². The van der Waals surface area contributed by atoms with Crippen molar-refractivity contribution in [3.05, 3.63) is 22.4 Å². The molecule has 1 N–H and O–H groups in total. The van der Waals surface area contributed by atoms with E-state index in [1.807, 2.05) is 11.3 Å². The summed E-state index contributed by atoms with van der Waals surface area (Å²) in [7, 11) is 0. The van der Waals surface area contributed by atoms with E-state index in [1.54, 1.807) is 0 Å². The van der Waals surface area contributed by atoms with Gasteiger partial charge in [-0.05, 0) is 37.1 Å². The first-order valence-electron chi connectivity index (χ1n) is 8.17. The van der Waals surface area contributed by atoms with Gasteiger partial charge in [-0.3, -0.25) is 4.90 Å². The highest BCUT2D eigenvalue weighted by atomic mass is 32.1. The average Bonchev–Trinajstić information content (AvgIpc) is 3.10. The summed E-state index contributed by atoms with van der Waals surface area (Å²) in [6.45, 7) is 10.5. The summed E-state index contributed by atoms with van der Waals surface area (Å²) in [4.78, 5) is 4.17. The average molecular weight is 295 g/mol. The molecule has 2 nitrogen and oxygen atoms in total. The first-order valence-corrected chi connectivity index (χ1v) is 9.05. The lowest BCUT2D eigenvalue weighted by Crippen LogP contribution is -2.41. The maximum absolute atomic E-state index is 3.68. The van der Waals surface area contributed by atoms with Crippen LogP contribution in [-0.2, 0) is 0 Å². The fourth-order valence-corrected chi connectivity index (χ4v) is 3.98. The van der Waals surface area contributed by atoms with Gasteiger partial charge in [0, 0.05) is 36.6 Å². The molecule has 0 spiro atoms. The van der Waals surface area contributed by atoms with Crippen molar-refractivity contribution < 1.29 is 0 Å². The zero-order valence-electron chi connectivity index (χ0n) is 13.3. The molecule has 1 heterocycles. The Bertz CT molecular complexity index is 355. The van der Waals surface area contributed by atoms with E-state index in [-0.39, 0.29) is 0 Å². The van der Waals surface area contributed by atoms with Gasteiger partial charge in [0.2, 0.25) is 0 Å². The molecule has 1 unspecified atom stereocenters. The van der Waals surface area contributed by atoms with E-state index in [9.17, 15) is 0 Å². The van der Waals surface area contributed by atoms with Crippen LogP contribution in [-0.4, -0.2) is 30.6 Å². The van der Waals surface area contributed by atoms with Crippen molar-refractivity contribution in [1.82, 2.24) is 10.2 Å². The molecule has 20 heavy (non-hydrogen) atoms. The quantitative estimate of drug-likeness (QED) is 0.769. The number of nitrogens with zero attached hydrogens (tertiary/aromatic N) is 1. The lowest BCUT2D eigenvalue weighted by atomic mass is 10.1. The van der Waals surface area contributed by atoms with Crippen LogP contribution in [0, 0.1) is 5.92 Å². The molecule has 0 amide bonds. The molecule has 1 aliphatic carbocycles. The molecule has 3 heteroatoms. The molecule has 2 rings (SSSR count). The van der Waals surface area contributed by atoms with Gasteiger partial charge in [-0.15, -0.1) is 11.3 Å². The summed E-state index contributed by atoms with van der Waals surface area (Å²) in [6, 6.07) is 5.70. The number of nitrogens with one attached hydrogen (secondary N) is 1. The molecule has 0 saturated heterocycles. The molecule has 1 saturated carbocycles.